The maximum absolute atomic E-state index is 5.52. The van der Waals surface area contributed by atoms with Crippen molar-refractivity contribution >= 4 is 22.9 Å². The fourth-order valence-corrected chi connectivity index (χ4v) is 3.22. The topological polar surface area (TPSA) is 64.3 Å². The molecule has 7 nitrogen and oxygen atoms in total. The van der Waals surface area contributed by atoms with Crippen molar-refractivity contribution in [1.82, 2.24) is 5.43 Å². The van der Waals surface area contributed by atoms with Gasteiger partial charge in [0.2, 0.25) is 16.8 Å². The van der Waals surface area contributed by atoms with E-state index in [0.717, 1.165) is 17.0 Å². The Bertz CT molecular complexity index is 843. The van der Waals surface area contributed by atoms with Gasteiger partial charge in [0.1, 0.15) is 5.75 Å². The van der Waals surface area contributed by atoms with Crippen LogP contribution in [0.4, 0.5) is 5.69 Å². The zero-order chi connectivity index (χ0) is 19.4. The third kappa shape index (κ3) is 3.66. The van der Waals surface area contributed by atoms with Crippen LogP contribution in [0.5, 0.6) is 23.0 Å². The second-order valence-corrected chi connectivity index (χ2v) is 6.15. The van der Waals surface area contributed by atoms with Gasteiger partial charge in [-0.2, -0.15) is 0 Å². The number of ether oxygens (including phenoxy) is 4. The van der Waals surface area contributed by atoms with Crippen LogP contribution in [0.25, 0.3) is 0 Å². The highest BCUT2D eigenvalue weighted by Crippen LogP contribution is 2.43. The number of hydrogen-bond acceptors (Lipinski definition) is 6. The molecule has 27 heavy (non-hydrogen) atoms. The predicted octanol–water partition coefficient (Wildman–Crippen LogP) is 3.79. The van der Waals surface area contributed by atoms with Gasteiger partial charge in [-0.25, -0.2) is 0 Å². The molecule has 0 spiro atoms. The number of hydrogen-bond donors (Lipinski definition) is 1. The number of nitrogens with one attached hydrogen (secondary N) is 1. The van der Waals surface area contributed by atoms with Crippen LogP contribution in [0.2, 0.25) is 0 Å². The van der Waals surface area contributed by atoms with Gasteiger partial charge in [-0.3, -0.25) is 0 Å². The van der Waals surface area contributed by atoms with E-state index in [4.69, 9.17) is 31.2 Å². The van der Waals surface area contributed by atoms with Crippen molar-refractivity contribution in [2.24, 2.45) is 5.22 Å². The number of nitrogens with zero attached hydrogens (tertiary/aromatic N) is 2. The van der Waals surface area contributed by atoms with Crippen LogP contribution < -0.4 is 24.4 Å². The molecule has 1 heterocycles. The molecule has 1 N–H and O–H groups in total. The molecule has 2 aromatic carbocycles. The summed E-state index contributed by atoms with van der Waals surface area (Å²) < 4.78 is 23.6. The molecule has 1 aliphatic heterocycles. The van der Waals surface area contributed by atoms with Gasteiger partial charge in [0.05, 0.1) is 33.2 Å². The van der Waals surface area contributed by atoms with Crippen molar-refractivity contribution in [1.29, 1.82) is 0 Å². The summed E-state index contributed by atoms with van der Waals surface area (Å²) in [7, 11) is 4.73. The van der Waals surface area contributed by atoms with Crippen LogP contribution in [-0.2, 0) is 0 Å². The largest absolute Gasteiger partial charge is 0.494 e. The van der Waals surface area contributed by atoms with E-state index < -0.39 is 0 Å². The molecule has 1 aliphatic rings. The minimum atomic E-state index is -0.251. The fourth-order valence-electron chi connectivity index (χ4n) is 2.95. The molecule has 3 rings (SSSR count). The Balaban J connectivity index is 2.01. The van der Waals surface area contributed by atoms with Crippen molar-refractivity contribution in [2.45, 2.75) is 13.0 Å². The third-order valence-corrected chi connectivity index (χ3v) is 4.50. The van der Waals surface area contributed by atoms with Crippen LogP contribution in [0, 0.1) is 0 Å². The van der Waals surface area contributed by atoms with E-state index in [2.05, 4.69) is 10.6 Å². The minimum Gasteiger partial charge on any atom is -0.494 e. The van der Waals surface area contributed by atoms with Crippen molar-refractivity contribution < 1.29 is 23.6 Å². The smallest absolute Gasteiger partial charge is 0.239 e. The second-order valence-electron chi connectivity index (χ2n) is 5.71. The number of methoxy groups -OCH3 is 3. The lowest BCUT2D eigenvalue weighted by Crippen LogP contribution is -2.19. The quantitative estimate of drug-likeness (QED) is 0.575. The summed E-state index contributed by atoms with van der Waals surface area (Å²) in [6, 6.07) is 11.2. The summed E-state index contributed by atoms with van der Waals surface area (Å²) in [4.78, 5) is 0.605. The van der Waals surface area contributed by atoms with Crippen LogP contribution in [0.15, 0.2) is 41.6 Å². The normalized spacial score (nSPS) is 15.8. The standard InChI is InChI=1S/C19H21N3O4S/c1-5-26-14-8-6-12(7-9-14)17-19(27)20-21-22(17)13-10-15(23-2)18(25-4)16(11-13)24-3/h6-11,17H,5H2,1-4H3/p+1/t17-/m0/s1. The van der Waals surface area contributed by atoms with Gasteiger partial charge in [-0.15, -0.1) is 10.1 Å². The lowest BCUT2D eigenvalue weighted by Gasteiger charge is -2.15. The van der Waals surface area contributed by atoms with Gasteiger partial charge < -0.3 is 18.9 Å². The van der Waals surface area contributed by atoms with Gasteiger partial charge >= 0.3 is 0 Å². The first-order valence-electron chi connectivity index (χ1n) is 8.45. The van der Waals surface area contributed by atoms with E-state index in [1.165, 1.54) is 0 Å². The second kappa shape index (κ2) is 8.22. The summed E-state index contributed by atoms with van der Waals surface area (Å²) in [6.45, 7) is 2.57. The molecule has 0 saturated carbocycles. The zero-order valence-electron chi connectivity index (χ0n) is 15.7. The maximum atomic E-state index is 5.52. The minimum absolute atomic E-state index is 0.251. The Labute approximate surface area is 163 Å². The van der Waals surface area contributed by atoms with Crippen molar-refractivity contribution in [2.75, 3.05) is 27.9 Å². The van der Waals surface area contributed by atoms with Gasteiger partial charge in [-0.05, 0) is 31.3 Å². The van der Waals surface area contributed by atoms with Crippen LogP contribution in [0.1, 0.15) is 18.5 Å². The van der Waals surface area contributed by atoms with E-state index in [1.54, 1.807) is 26.0 Å². The molecule has 142 valence electrons. The maximum Gasteiger partial charge on any atom is 0.239 e. The lowest BCUT2D eigenvalue weighted by atomic mass is 10.1. The fraction of sp³-hybridized carbons (Fsp3) is 0.316. The van der Waals surface area contributed by atoms with E-state index in [-0.39, 0.29) is 6.04 Å². The van der Waals surface area contributed by atoms with Crippen molar-refractivity contribution in [3.8, 4) is 23.0 Å². The predicted molar refractivity (Wildman–Crippen MR) is 105 cm³/mol. The summed E-state index contributed by atoms with van der Waals surface area (Å²) in [5.74, 6) is 2.43. The molecular weight excluding hydrogens is 366 g/mol. The summed E-state index contributed by atoms with van der Waals surface area (Å²) >= 11 is 5.49. The first-order valence-corrected chi connectivity index (χ1v) is 8.86. The highest BCUT2D eigenvalue weighted by molar-refractivity contribution is 7.80. The third-order valence-electron chi connectivity index (χ3n) is 4.18. The molecule has 0 saturated heterocycles. The summed E-state index contributed by atoms with van der Waals surface area (Å²) in [5.41, 5.74) is 4.65. The molecule has 1 atom stereocenters. The lowest BCUT2D eigenvalue weighted by molar-refractivity contribution is -0.533. The SMILES string of the molecule is CCOc1ccc([C@H]2C(=S)NN=[N+]2c2cc(OC)c(OC)c(OC)c2)cc1. The highest BCUT2D eigenvalue weighted by atomic mass is 32.1. The summed E-state index contributed by atoms with van der Waals surface area (Å²) in [5, 5.41) is 4.37. The number of benzene rings is 2. The Morgan fingerprint density at radius 1 is 1.04 bits per heavy atom. The van der Waals surface area contributed by atoms with E-state index in [0.29, 0.717) is 28.8 Å². The van der Waals surface area contributed by atoms with Crippen LogP contribution in [0.3, 0.4) is 0 Å². The zero-order valence-corrected chi connectivity index (χ0v) is 16.5. The Kier molecular flexibility index (Phi) is 5.75. The molecule has 0 bridgehead atoms. The average Bonchev–Trinajstić information content (AvgIpc) is 3.09. The van der Waals surface area contributed by atoms with Crippen molar-refractivity contribution in [3.63, 3.8) is 0 Å². The first-order chi connectivity index (χ1) is 13.1. The molecule has 0 aromatic heterocycles. The van der Waals surface area contributed by atoms with E-state index >= 15 is 0 Å². The van der Waals surface area contributed by atoms with Crippen molar-refractivity contribution in [3.05, 3.63) is 42.0 Å². The van der Waals surface area contributed by atoms with Crippen LogP contribution in [-0.4, -0.2) is 37.6 Å². The van der Waals surface area contributed by atoms with Crippen LogP contribution >= 0.6 is 12.2 Å². The Hall–Kier alpha value is -2.87. The van der Waals surface area contributed by atoms with Gasteiger partial charge in [0, 0.05) is 17.7 Å². The summed E-state index contributed by atoms with van der Waals surface area (Å²) in [6.07, 6.45) is 0. The molecule has 0 unspecified atom stereocenters. The average molecular weight is 388 g/mol. The molecule has 0 amide bonds. The molecule has 0 radical (unpaired) electrons. The molecule has 8 heteroatoms. The Morgan fingerprint density at radius 3 is 2.19 bits per heavy atom. The number of rotatable bonds is 7. The molecular formula is C19H22N3O4S+. The highest BCUT2D eigenvalue weighted by Gasteiger charge is 2.37. The first kappa shape index (κ1) is 18.9. The van der Waals surface area contributed by atoms with E-state index in [1.807, 2.05) is 43.3 Å². The monoisotopic (exact) mass is 388 g/mol. The van der Waals surface area contributed by atoms with Gasteiger partial charge in [0.15, 0.2) is 17.2 Å². The Morgan fingerprint density at radius 2 is 1.67 bits per heavy atom. The molecule has 2 aromatic rings. The number of thiocarbonyl (C=S) groups is 1. The molecule has 0 aliphatic carbocycles. The van der Waals surface area contributed by atoms with E-state index in [9.17, 15) is 0 Å². The van der Waals surface area contributed by atoms with Gasteiger partial charge in [0.25, 0.3) is 0 Å². The molecule has 0 fully saturated rings. The van der Waals surface area contributed by atoms with Gasteiger partial charge in [-0.1, -0.05) is 12.1 Å².